The quantitative estimate of drug-likeness (QED) is 0.604. The van der Waals surface area contributed by atoms with E-state index in [-0.39, 0.29) is 17.5 Å². The molecular weight excluding hydrogens is 340 g/mol. The fraction of sp³-hybridized carbons (Fsp3) is 0.235. The predicted molar refractivity (Wildman–Crippen MR) is 97.0 cm³/mol. The van der Waals surface area contributed by atoms with Gasteiger partial charge in [-0.3, -0.25) is 9.78 Å². The maximum Gasteiger partial charge on any atom is 0.338 e. The van der Waals surface area contributed by atoms with E-state index < -0.39 is 0 Å². The Hall–Kier alpha value is -2.74. The number of anilines is 1. The van der Waals surface area contributed by atoms with Crippen molar-refractivity contribution in [2.75, 3.05) is 12.3 Å². The SMILES string of the molecule is CCOC(=O)c1ccc(Sc2c(CC)[nH]c3nc(N)[nH]c(=O)c23)cc1. The number of ether oxygens (including phenoxy) is 1. The Labute approximate surface area is 148 Å². The smallest absolute Gasteiger partial charge is 0.338 e. The molecule has 0 unspecified atom stereocenters. The molecule has 7 nitrogen and oxygen atoms in total. The summed E-state index contributed by atoms with van der Waals surface area (Å²) in [5, 5.41) is 0.491. The third-order valence-electron chi connectivity index (χ3n) is 3.65. The zero-order valence-electron chi connectivity index (χ0n) is 13.9. The number of esters is 1. The number of aryl methyl sites for hydroxylation is 1. The van der Waals surface area contributed by atoms with Gasteiger partial charge in [-0.25, -0.2) is 4.79 Å². The van der Waals surface area contributed by atoms with Crippen LogP contribution in [0, 0.1) is 0 Å². The summed E-state index contributed by atoms with van der Waals surface area (Å²) >= 11 is 1.44. The maximum atomic E-state index is 12.3. The lowest BCUT2D eigenvalue weighted by Crippen LogP contribution is -2.10. The summed E-state index contributed by atoms with van der Waals surface area (Å²) in [4.78, 5) is 35.6. The Morgan fingerprint density at radius 2 is 1.96 bits per heavy atom. The normalized spacial score (nSPS) is 11.0. The Morgan fingerprint density at radius 1 is 1.24 bits per heavy atom. The van der Waals surface area contributed by atoms with E-state index in [0.717, 1.165) is 21.9 Å². The Balaban J connectivity index is 1.97. The summed E-state index contributed by atoms with van der Waals surface area (Å²) in [6.45, 7) is 4.10. The molecule has 0 atom stereocenters. The summed E-state index contributed by atoms with van der Waals surface area (Å²) in [6, 6.07) is 7.07. The number of rotatable bonds is 5. The lowest BCUT2D eigenvalue weighted by atomic mass is 10.2. The van der Waals surface area contributed by atoms with Crippen molar-refractivity contribution in [3.8, 4) is 0 Å². The zero-order valence-corrected chi connectivity index (χ0v) is 14.7. The number of aromatic nitrogens is 3. The second-order valence-corrected chi connectivity index (χ2v) is 6.39. The van der Waals surface area contributed by atoms with Crippen molar-refractivity contribution in [1.29, 1.82) is 0 Å². The van der Waals surface area contributed by atoms with Crippen molar-refractivity contribution in [2.24, 2.45) is 0 Å². The third-order valence-corrected chi connectivity index (χ3v) is 4.81. The Morgan fingerprint density at radius 3 is 2.60 bits per heavy atom. The summed E-state index contributed by atoms with van der Waals surface area (Å²) in [5.74, 6) is -0.270. The van der Waals surface area contributed by atoms with Gasteiger partial charge in [0.05, 0.1) is 17.6 Å². The standard InChI is InChI=1S/C17H18N4O3S/c1-3-11-13(12-14(19-11)20-17(18)21-15(12)22)25-10-7-5-9(6-8-10)16(23)24-4-2/h5-8H,3-4H2,1-2H3,(H4,18,19,20,21,22). The summed E-state index contributed by atoms with van der Waals surface area (Å²) in [6.07, 6.45) is 0.721. The molecule has 1 aromatic carbocycles. The number of carbonyl (C=O) groups is 1. The first-order valence-electron chi connectivity index (χ1n) is 7.88. The first kappa shape index (κ1) is 17.1. The molecule has 0 bridgehead atoms. The molecule has 8 heteroatoms. The van der Waals surface area contributed by atoms with Crippen molar-refractivity contribution in [2.45, 2.75) is 30.1 Å². The molecule has 0 saturated heterocycles. The second-order valence-electron chi connectivity index (χ2n) is 5.31. The number of H-pyrrole nitrogens is 2. The minimum absolute atomic E-state index is 0.0803. The Kier molecular flexibility index (Phi) is 4.80. The minimum Gasteiger partial charge on any atom is -0.462 e. The van der Waals surface area contributed by atoms with Crippen LogP contribution in [0.25, 0.3) is 11.0 Å². The van der Waals surface area contributed by atoms with Crippen LogP contribution in [-0.2, 0) is 11.2 Å². The van der Waals surface area contributed by atoms with Crippen LogP contribution in [-0.4, -0.2) is 27.5 Å². The van der Waals surface area contributed by atoms with Crippen LogP contribution >= 0.6 is 11.8 Å². The van der Waals surface area contributed by atoms with Crippen LogP contribution in [0.2, 0.25) is 0 Å². The van der Waals surface area contributed by atoms with Gasteiger partial charge in [-0.15, -0.1) is 0 Å². The monoisotopic (exact) mass is 358 g/mol. The lowest BCUT2D eigenvalue weighted by molar-refractivity contribution is 0.0526. The van der Waals surface area contributed by atoms with Gasteiger partial charge in [-0.05, 0) is 37.6 Å². The van der Waals surface area contributed by atoms with E-state index in [2.05, 4.69) is 15.0 Å². The number of nitrogens with zero attached hydrogens (tertiary/aromatic N) is 1. The number of aromatic amines is 2. The number of hydrogen-bond donors (Lipinski definition) is 3. The van der Waals surface area contributed by atoms with Crippen LogP contribution in [0.4, 0.5) is 5.95 Å². The van der Waals surface area contributed by atoms with Gasteiger partial charge in [0.1, 0.15) is 5.65 Å². The van der Waals surface area contributed by atoms with Crippen molar-refractivity contribution < 1.29 is 9.53 Å². The molecule has 0 aliphatic carbocycles. The van der Waals surface area contributed by atoms with Crippen LogP contribution in [0.15, 0.2) is 38.9 Å². The number of nitrogen functional groups attached to an aromatic ring is 1. The molecule has 4 N–H and O–H groups in total. The predicted octanol–water partition coefficient (Wildman–Crippen LogP) is 2.72. The summed E-state index contributed by atoms with van der Waals surface area (Å²) in [7, 11) is 0. The van der Waals surface area contributed by atoms with Crippen LogP contribution < -0.4 is 11.3 Å². The van der Waals surface area contributed by atoms with Crippen molar-refractivity contribution in [3.05, 3.63) is 45.9 Å². The van der Waals surface area contributed by atoms with E-state index in [1.165, 1.54) is 11.8 Å². The van der Waals surface area contributed by atoms with Gasteiger partial charge >= 0.3 is 5.97 Å². The first-order chi connectivity index (χ1) is 12.0. The van der Waals surface area contributed by atoms with Gasteiger partial charge in [0.15, 0.2) is 0 Å². The topological polar surface area (TPSA) is 114 Å². The molecule has 0 amide bonds. The molecule has 0 aliphatic heterocycles. The first-order valence-corrected chi connectivity index (χ1v) is 8.70. The number of hydrogen-bond acceptors (Lipinski definition) is 6. The van der Waals surface area contributed by atoms with Crippen LogP contribution in [0.1, 0.15) is 29.9 Å². The van der Waals surface area contributed by atoms with Gasteiger partial charge in [-0.2, -0.15) is 4.98 Å². The number of benzene rings is 1. The van der Waals surface area contributed by atoms with E-state index in [1.807, 2.05) is 19.1 Å². The molecule has 0 radical (unpaired) electrons. The average Bonchev–Trinajstić information content (AvgIpc) is 2.93. The van der Waals surface area contributed by atoms with E-state index in [1.54, 1.807) is 19.1 Å². The molecule has 3 aromatic rings. The second kappa shape index (κ2) is 7.02. The molecule has 25 heavy (non-hydrogen) atoms. The maximum absolute atomic E-state index is 12.3. The number of carbonyl (C=O) groups excluding carboxylic acids is 1. The number of fused-ring (bicyclic) bond motifs is 1. The lowest BCUT2D eigenvalue weighted by Gasteiger charge is -2.05. The molecule has 0 aliphatic rings. The molecular formula is C17H18N4O3S. The number of nitrogens with two attached hydrogens (primary N) is 1. The van der Waals surface area contributed by atoms with Crippen molar-refractivity contribution in [3.63, 3.8) is 0 Å². The molecule has 2 aromatic heterocycles. The highest BCUT2D eigenvalue weighted by Crippen LogP contribution is 2.35. The highest BCUT2D eigenvalue weighted by atomic mass is 32.2. The highest BCUT2D eigenvalue weighted by Gasteiger charge is 2.17. The largest absolute Gasteiger partial charge is 0.462 e. The molecule has 0 saturated carbocycles. The van der Waals surface area contributed by atoms with Gasteiger partial charge < -0.3 is 15.5 Å². The highest BCUT2D eigenvalue weighted by molar-refractivity contribution is 7.99. The van der Waals surface area contributed by atoms with Gasteiger partial charge in [0.2, 0.25) is 5.95 Å². The molecule has 0 fully saturated rings. The molecule has 3 rings (SSSR count). The van der Waals surface area contributed by atoms with Gasteiger partial charge in [0.25, 0.3) is 5.56 Å². The number of nitrogens with one attached hydrogen (secondary N) is 2. The Bertz CT molecular complexity index is 976. The molecule has 2 heterocycles. The molecule has 130 valence electrons. The fourth-order valence-corrected chi connectivity index (χ4v) is 3.61. The summed E-state index contributed by atoms with van der Waals surface area (Å²) < 4.78 is 4.98. The van der Waals surface area contributed by atoms with Crippen LogP contribution in [0.3, 0.4) is 0 Å². The van der Waals surface area contributed by atoms with E-state index >= 15 is 0 Å². The third kappa shape index (κ3) is 3.39. The van der Waals surface area contributed by atoms with Gasteiger partial charge in [0, 0.05) is 15.5 Å². The van der Waals surface area contributed by atoms with E-state index in [4.69, 9.17) is 10.5 Å². The molecule has 0 spiro atoms. The summed E-state index contributed by atoms with van der Waals surface area (Å²) in [5.41, 5.74) is 7.22. The van der Waals surface area contributed by atoms with E-state index in [0.29, 0.717) is 23.2 Å². The van der Waals surface area contributed by atoms with Gasteiger partial charge in [-0.1, -0.05) is 18.7 Å². The van der Waals surface area contributed by atoms with Crippen molar-refractivity contribution >= 4 is 34.7 Å². The van der Waals surface area contributed by atoms with Crippen molar-refractivity contribution in [1.82, 2.24) is 15.0 Å². The fourth-order valence-electron chi connectivity index (χ4n) is 2.50. The zero-order chi connectivity index (χ0) is 18.0. The van der Waals surface area contributed by atoms with Crippen LogP contribution in [0.5, 0.6) is 0 Å². The average molecular weight is 358 g/mol. The minimum atomic E-state index is -0.350. The van der Waals surface area contributed by atoms with E-state index in [9.17, 15) is 9.59 Å².